The topological polar surface area (TPSA) is 85.8 Å². The molecular weight excluding hydrogens is 489 g/mol. The molecule has 2 rings (SSSR count). The molecule has 0 saturated carbocycles. The second kappa shape index (κ2) is 13.3. The minimum atomic E-state index is -3.12. The first-order valence-corrected chi connectivity index (χ1v) is 11.4. The number of nitrogens with zero attached hydrogens (tertiary/aromatic N) is 2. The summed E-state index contributed by atoms with van der Waals surface area (Å²) in [6.45, 7) is 5.77. The highest BCUT2D eigenvalue weighted by atomic mass is 127. The van der Waals surface area contributed by atoms with Gasteiger partial charge >= 0.3 is 0 Å². The third-order valence-electron chi connectivity index (χ3n) is 4.80. The van der Waals surface area contributed by atoms with Crippen LogP contribution in [0.3, 0.4) is 0 Å². The summed E-state index contributed by atoms with van der Waals surface area (Å²) in [6.07, 6.45) is 3.21. The molecule has 9 heteroatoms. The van der Waals surface area contributed by atoms with Gasteiger partial charge in [-0.3, -0.25) is 9.89 Å². The molecule has 0 spiro atoms. The van der Waals surface area contributed by atoms with E-state index in [1.165, 1.54) is 18.4 Å². The van der Waals surface area contributed by atoms with Gasteiger partial charge < -0.3 is 10.6 Å². The Morgan fingerprint density at radius 2 is 1.82 bits per heavy atom. The number of benzene rings is 1. The SMILES string of the molecule is CCS(=O)(=O)NCCCNC(=NC)NCC(c1ccccc1)N1CCCC1.I. The van der Waals surface area contributed by atoms with Gasteiger partial charge in [-0.15, -0.1) is 24.0 Å². The summed E-state index contributed by atoms with van der Waals surface area (Å²) in [5, 5.41) is 6.68. The van der Waals surface area contributed by atoms with E-state index in [2.05, 4.69) is 49.5 Å². The predicted octanol–water partition coefficient (Wildman–Crippen LogP) is 1.94. The van der Waals surface area contributed by atoms with E-state index in [1.807, 2.05) is 6.07 Å². The maximum atomic E-state index is 11.4. The van der Waals surface area contributed by atoms with Crippen molar-refractivity contribution in [2.24, 2.45) is 4.99 Å². The number of halogens is 1. The van der Waals surface area contributed by atoms with E-state index in [0.29, 0.717) is 25.6 Å². The van der Waals surface area contributed by atoms with Crippen molar-refractivity contribution in [3.05, 3.63) is 35.9 Å². The smallest absolute Gasteiger partial charge is 0.211 e. The third kappa shape index (κ3) is 8.62. The Morgan fingerprint density at radius 3 is 2.43 bits per heavy atom. The van der Waals surface area contributed by atoms with Gasteiger partial charge in [0.15, 0.2) is 5.96 Å². The fourth-order valence-electron chi connectivity index (χ4n) is 3.23. The first kappa shape index (κ1) is 25.1. The van der Waals surface area contributed by atoms with Crippen LogP contribution in [0, 0.1) is 0 Å². The highest BCUT2D eigenvalue weighted by molar-refractivity contribution is 14.0. The highest BCUT2D eigenvalue weighted by Crippen LogP contribution is 2.24. The molecule has 160 valence electrons. The molecule has 0 bridgehead atoms. The molecular formula is C19H34IN5O2S. The zero-order valence-electron chi connectivity index (χ0n) is 16.9. The van der Waals surface area contributed by atoms with Gasteiger partial charge in [-0.2, -0.15) is 0 Å². The summed E-state index contributed by atoms with van der Waals surface area (Å²) in [5.41, 5.74) is 1.32. The predicted molar refractivity (Wildman–Crippen MR) is 127 cm³/mol. The largest absolute Gasteiger partial charge is 0.356 e. The van der Waals surface area contributed by atoms with E-state index in [1.54, 1.807) is 14.0 Å². The van der Waals surface area contributed by atoms with Crippen LogP contribution in [0.5, 0.6) is 0 Å². The summed E-state index contributed by atoms with van der Waals surface area (Å²) in [6, 6.07) is 10.9. The molecule has 0 radical (unpaired) electrons. The minimum absolute atomic E-state index is 0. The zero-order valence-corrected chi connectivity index (χ0v) is 20.0. The molecule has 1 aromatic rings. The average Bonchev–Trinajstić information content (AvgIpc) is 3.21. The normalized spacial score (nSPS) is 16.4. The van der Waals surface area contributed by atoms with Crippen molar-refractivity contribution in [1.82, 2.24) is 20.3 Å². The van der Waals surface area contributed by atoms with Crippen molar-refractivity contribution in [2.45, 2.75) is 32.2 Å². The average molecular weight is 523 g/mol. The van der Waals surface area contributed by atoms with Crippen LogP contribution in [0.15, 0.2) is 35.3 Å². The Kier molecular flexibility index (Phi) is 12.0. The first-order valence-electron chi connectivity index (χ1n) is 9.76. The standard InChI is InChI=1S/C19H33N5O2S.HI/c1-3-27(25,26)23-13-9-12-21-19(20-2)22-16-18(24-14-7-8-15-24)17-10-5-4-6-11-17;/h4-6,10-11,18,23H,3,7-9,12-16H2,1-2H3,(H2,20,21,22);1H. The van der Waals surface area contributed by atoms with E-state index < -0.39 is 10.0 Å². The summed E-state index contributed by atoms with van der Waals surface area (Å²) in [4.78, 5) is 6.80. The fraction of sp³-hybridized carbons (Fsp3) is 0.632. The van der Waals surface area contributed by atoms with E-state index in [4.69, 9.17) is 0 Å². The molecule has 0 amide bonds. The molecule has 0 aromatic heterocycles. The molecule has 7 nitrogen and oxygen atoms in total. The Bertz CT molecular complexity index is 679. The van der Waals surface area contributed by atoms with Crippen LogP contribution >= 0.6 is 24.0 Å². The van der Waals surface area contributed by atoms with Gasteiger partial charge in [0.05, 0.1) is 11.8 Å². The molecule has 1 atom stereocenters. The van der Waals surface area contributed by atoms with Crippen LogP contribution < -0.4 is 15.4 Å². The number of rotatable bonds is 10. The Balaban J connectivity index is 0.00000392. The third-order valence-corrected chi connectivity index (χ3v) is 6.20. The summed E-state index contributed by atoms with van der Waals surface area (Å²) < 4.78 is 25.4. The van der Waals surface area contributed by atoms with E-state index in [9.17, 15) is 8.42 Å². The molecule has 1 saturated heterocycles. The number of hydrogen-bond acceptors (Lipinski definition) is 4. The van der Waals surface area contributed by atoms with Crippen LogP contribution in [-0.2, 0) is 10.0 Å². The molecule has 1 aromatic carbocycles. The summed E-state index contributed by atoms with van der Waals surface area (Å²) >= 11 is 0. The monoisotopic (exact) mass is 523 g/mol. The van der Waals surface area contributed by atoms with Gasteiger partial charge in [0.25, 0.3) is 0 Å². The molecule has 0 aliphatic carbocycles. The second-order valence-corrected chi connectivity index (χ2v) is 8.80. The van der Waals surface area contributed by atoms with Crippen LogP contribution in [0.1, 0.15) is 37.8 Å². The van der Waals surface area contributed by atoms with Crippen LogP contribution in [-0.4, -0.2) is 64.8 Å². The summed E-state index contributed by atoms with van der Waals surface area (Å²) in [5.74, 6) is 0.856. The molecule has 1 aliphatic rings. The lowest BCUT2D eigenvalue weighted by Crippen LogP contribution is -2.43. The van der Waals surface area contributed by atoms with Gasteiger partial charge in [-0.05, 0) is 44.8 Å². The zero-order chi connectivity index (χ0) is 19.5. The second-order valence-electron chi connectivity index (χ2n) is 6.70. The number of likely N-dealkylation sites (tertiary alicyclic amines) is 1. The van der Waals surface area contributed by atoms with Crippen molar-refractivity contribution in [3.8, 4) is 0 Å². The van der Waals surface area contributed by atoms with Gasteiger partial charge in [-0.1, -0.05) is 30.3 Å². The van der Waals surface area contributed by atoms with Gasteiger partial charge in [0, 0.05) is 26.7 Å². The molecule has 28 heavy (non-hydrogen) atoms. The van der Waals surface area contributed by atoms with E-state index in [-0.39, 0.29) is 29.7 Å². The Labute approximate surface area is 186 Å². The van der Waals surface area contributed by atoms with Gasteiger partial charge in [0.1, 0.15) is 0 Å². The lowest BCUT2D eigenvalue weighted by atomic mass is 10.1. The molecule has 1 unspecified atom stereocenters. The highest BCUT2D eigenvalue weighted by Gasteiger charge is 2.23. The number of guanidine groups is 1. The number of nitrogens with one attached hydrogen (secondary N) is 3. The lowest BCUT2D eigenvalue weighted by Gasteiger charge is -2.29. The van der Waals surface area contributed by atoms with Crippen LogP contribution in [0.25, 0.3) is 0 Å². The van der Waals surface area contributed by atoms with Crippen molar-refractivity contribution >= 4 is 40.0 Å². The maximum Gasteiger partial charge on any atom is 0.211 e. The van der Waals surface area contributed by atoms with Crippen molar-refractivity contribution in [2.75, 3.05) is 45.5 Å². The van der Waals surface area contributed by atoms with Gasteiger partial charge in [0.2, 0.25) is 10.0 Å². The molecule has 1 fully saturated rings. The van der Waals surface area contributed by atoms with Crippen LogP contribution in [0.2, 0.25) is 0 Å². The minimum Gasteiger partial charge on any atom is -0.356 e. The molecule has 1 heterocycles. The van der Waals surface area contributed by atoms with Crippen molar-refractivity contribution in [3.63, 3.8) is 0 Å². The number of hydrogen-bond donors (Lipinski definition) is 3. The van der Waals surface area contributed by atoms with Crippen molar-refractivity contribution in [1.29, 1.82) is 0 Å². The fourth-order valence-corrected chi connectivity index (χ4v) is 3.88. The molecule has 1 aliphatic heterocycles. The molecule has 3 N–H and O–H groups in total. The van der Waals surface area contributed by atoms with E-state index in [0.717, 1.165) is 25.6 Å². The maximum absolute atomic E-state index is 11.4. The Hall–Kier alpha value is -0.910. The van der Waals surface area contributed by atoms with Crippen molar-refractivity contribution < 1.29 is 8.42 Å². The number of sulfonamides is 1. The van der Waals surface area contributed by atoms with Crippen LogP contribution in [0.4, 0.5) is 0 Å². The lowest BCUT2D eigenvalue weighted by molar-refractivity contribution is 0.245. The number of aliphatic imine (C=N–C) groups is 1. The summed E-state index contributed by atoms with van der Waals surface area (Å²) in [7, 11) is -1.36. The Morgan fingerprint density at radius 1 is 1.14 bits per heavy atom. The van der Waals surface area contributed by atoms with Gasteiger partial charge in [-0.25, -0.2) is 13.1 Å². The first-order chi connectivity index (χ1) is 13.1. The van der Waals surface area contributed by atoms with E-state index >= 15 is 0 Å². The quantitative estimate of drug-likeness (QED) is 0.189.